The van der Waals surface area contributed by atoms with Gasteiger partial charge in [0.05, 0.1) is 6.54 Å². The molecule has 0 bridgehead atoms. The average molecular weight is 355 g/mol. The summed E-state index contributed by atoms with van der Waals surface area (Å²) < 4.78 is 11.5. The molecule has 140 valence electrons. The van der Waals surface area contributed by atoms with E-state index in [1.165, 1.54) is 5.56 Å². The van der Waals surface area contributed by atoms with E-state index in [1.54, 1.807) is 6.92 Å². The van der Waals surface area contributed by atoms with Crippen LogP contribution in [-0.2, 0) is 4.79 Å². The van der Waals surface area contributed by atoms with E-state index < -0.39 is 6.10 Å². The molecule has 1 N–H and O–H groups in total. The van der Waals surface area contributed by atoms with Gasteiger partial charge in [0.1, 0.15) is 18.1 Å². The Morgan fingerprint density at radius 1 is 1.00 bits per heavy atom. The van der Waals surface area contributed by atoms with Crippen molar-refractivity contribution in [2.45, 2.75) is 46.6 Å². The first-order chi connectivity index (χ1) is 12.4. The van der Waals surface area contributed by atoms with E-state index in [1.807, 2.05) is 44.2 Å². The molecule has 0 fully saturated rings. The molecule has 0 aliphatic rings. The van der Waals surface area contributed by atoms with Crippen molar-refractivity contribution in [1.29, 1.82) is 0 Å². The van der Waals surface area contributed by atoms with Crippen molar-refractivity contribution in [3.63, 3.8) is 0 Å². The fourth-order valence-electron chi connectivity index (χ4n) is 2.59. The van der Waals surface area contributed by atoms with Crippen molar-refractivity contribution >= 4 is 5.91 Å². The van der Waals surface area contributed by atoms with Crippen LogP contribution in [-0.4, -0.2) is 25.2 Å². The maximum absolute atomic E-state index is 12.3. The molecule has 4 nitrogen and oxygen atoms in total. The third-order valence-electron chi connectivity index (χ3n) is 4.16. The molecule has 0 aliphatic carbocycles. The lowest BCUT2D eigenvalue weighted by Gasteiger charge is -2.19. The maximum Gasteiger partial charge on any atom is 0.260 e. The number of benzene rings is 2. The van der Waals surface area contributed by atoms with Crippen LogP contribution in [0.1, 0.15) is 43.4 Å². The lowest BCUT2D eigenvalue weighted by atomic mass is 10.0. The predicted octanol–water partition coefficient (Wildman–Crippen LogP) is 4.39. The highest BCUT2D eigenvalue weighted by atomic mass is 16.5. The number of carbonyl (C=O) groups is 1. The molecule has 0 spiro atoms. The minimum atomic E-state index is -0.561. The van der Waals surface area contributed by atoms with Crippen LogP contribution in [0.25, 0.3) is 0 Å². The van der Waals surface area contributed by atoms with E-state index in [0.717, 1.165) is 22.6 Å². The van der Waals surface area contributed by atoms with Crippen molar-refractivity contribution in [3.05, 3.63) is 59.2 Å². The molecule has 0 heterocycles. The van der Waals surface area contributed by atoms with Gasteiger partial charge in [-0.2, -0.15) is 0 Å². The predicted molar refractivity (Wildman–Crippen MR) is 105 cm³/mol. The fraction of sp³-hybridized carbons (Fsp3) is 0.409. The van der Waals surface area contributed by atoms with E-state index in [0.29, 0.717) is 19.1 Å². The molecule has 2 aromatic rings. The molecule has 1 amide bonds. The Morgan fingerprint density at radius 2 is 1.65 bits per heavy atom. The number of nitrogens with one attached hydrogen (secondary N) is 1. The normalized spacial score (nSPS) is 11.9. The van der Waals surface area contributed by atoms with Gasteiger partial charge in [0.15, 0.2) is 6.10 Å². The summed E-state index contributed by atoms with van der Waals surface area (Å²) in [7, 11) is 0. The first-order valence-corrected chi connectivity index (χ1v) is 9.11. The number of hydrogen-bond acceptors (Lipinski definition) is 3. The lowest BCUT2D eigenvalue weighted by Crippen LogP contribution is -2.38. The Balaban J connectivity index is 1.82. The standard InChI is InChI=1S/C22H29NO3/c1-15(2)20-11-8-17(4)14-21(20)26-18(5)22(24)23-12-13-25-19-9-6-16(3)7-10-19/h6-11,14-15,18H,12-13H2,1-5H3,(H,23,24)/t18-/m0/s1. The van der Waals surface area contributed by atoms with Gasteiger partial charge in [-0.25, -0.2) is 0 Å². The number of ether oxygens (including phenoxy) is 2. The van der Waals surface area contributed by atoms with Gasteiger partial charge in [-0.05, 0) is 56.0 Å². The van der Waals surface area contributed by atoms with Crippen LogP contribution in [0.2, 0.25) is 0 Å². The van der Waals surface area contributed by atoms with Crippen LogP contribution in [0.15, 0.2) is 42.5 Å². The molecule has 0 aromatic heterocycles. The Kier molecular flexibility index (Phi) is 7.07. The third-order valence-corrected chi connectivity index (χ3v) is 4.16. The summed E-state index contributed by atoms with van der Waals surface area (Å²) in [4.78, 5) is 12.3. The molecule has 2 aromatic carbocycles. The lowest BCUT2D eigenvalue weighted by molar-refractivity contribution is -0.127. The molecular formula is C22H29NO3. The number of hydrogen-bond donors (Lipinski definition) is 1. The molecule has 1 atom stereocenters. The minimum Gasteiger partial charge on any atom is -0.492 e. The van der Waals surface area contributed by atoms with Crippen LogP contribution in [0.4, 0.5) is 0 Å². The first kappa shape index (κ1) is 19.8. The first-order valence-electron chi connectivity index (χ1n) is 9.11. The minimum absolute atomic E-state index is 0.145. The van der Waals surface area contributed by atoms with Crippen LogP contribution < -0.4 is 14.8 Å². The van der Waals surface area contributed by atoms with Crippen LogP contribution in [0.5, 0.6) is 11.5 Å². The number of carbonyl (C=O) groups excluding carboxylic acids is 1. The Morgan fingerprint density at radius 3 is 2.31 bits per heavy atom. The summed E-state index contributed by atoms with van der Waals surface area (Å²) in [5, 5.41) is 2.86. The summed E-state index contributed by atoms with van der Waals surface area (Å²) in [6, 6.07) is 14.0. The molecule has 26 heavy (non-hydrogen) atoms. The summed E-state index contributed by atoms with van der Waals surface area (Å²) in [6.07, 6.45) is -0.561. The van der Waals surface area contributed by atoms with Gasteiger partial charge in [-0.3, -0.25) is 4.79 Å². The van der Waals surface area contributed by atoms with E-state index in [-0.39, 0.29) is 5.91 Å². The second-order valence-corrected chi connectivity index (χ2v) is 6.91. The van der Waals surface area contributed by atoms with Gasteiger partial charge >= 0.3 is 0 Å². The van der Waals surface area contributed by atoms with Gasteiger partial charge in [0.2, 0.25) is 0 Å². The SMILES string of the molecule is Cc1ccc(OCCNC(=O)[C@H](C)Oc2cc(C)ccc2C(C)C)cc1. The van der Waals surface area contributed by atoms with E-state index in [4.69, 9.17) is 9.47 Å². The third kappa shape index (κ3) is 5.80. The Hall–Kier alpha value is -2.49. The van der Waals surface area contributed by atoms with Crippen molar-refractivity contribution in [2.24, 2.45) is 0 Å². The van der Waals surface area contributed by atoms with E-state index in [9.17, 15) is 4.79 Å². The number of rotatable bonds is 8. The summed E-state index contributed by atoms with van der Waals surface area (Å²) in [6.45, 7) is 10.9. The Labute approximate surface area is 156 Å². The molecule has 0 unspecified atom stereocenters. The van der Waals surface area contributed by atoms with Crippen LogP contribution >= 0.6 is 0 Å². The van der Waals surface area contributed by atoms with Gasteiger partial charge in [0.25, 0.3) is 5.91 Å². The zero-order valence-electron chi connectivity index (χ0n) is 16.3. The zero-order chi connectivity index (χ0) is 19.1. The second kappa shape index (κ2) is 9.27. The van der Waals surface area contributed by atoms with E-state index in [2.05, 4.69) is 31.3 Å². The molecule has 0 saturated carbocycles. The van der Waals surface area contributed by atoms with Gasteiger partial charge in [0, 0.05) is 0 Å². The molecule has 4 heteroatoms. The average Bonchev–Trinajstić information content (AvgIpc) is 2.59. The second-order valence-electron chi connectivity index (χ2n) is 6.91. The highest BCUT2D eigenvalue weighted by Crippen LogP contribution is 2.28. The topological polar surface area (TPSA) is 47.6 Å². The molecule has 0 aliphatic heterocycles. The van der Waals surface area contributed by atoms with E-state index >= 15 is 0 Å². The number of aryl methyl sites for hydroxylation is 2. The molecule has 0 saturated heterocycles. The highest BCUT2D eigenvalue weighted by molar-refractivity contribution is 5.80. The largest absolute Gasteiger partial charge is 0.492 e. The van der Waals surface area contributed by atoms with Crippen molar-refractivity contribution in [1.82, 2.24) is 5.32 Å². The van der Waals surface area contributed by atoms with Crippen LogP contribution in [0.3, 0.4) is 0 Å². The van der Waals surface area contributed by atoms with Gasteiger partial charge < -0.3 is 14.8 Å². The van der Waals surface area contributed by atoms with Crippen molar-refractivity contribution < 1.29 is 14.3 Å². The molecule has 0 radical (unpaired) electrons. The number of amides is 1. The molecular weight excluding hydrogens is 326 g/mol. The van der Waals surface area contributed by atoms with Gasteiger partial charge in [-0.1, -0.05) is 43.7 Å². The van der Waals surface area contributed by atoms with Gasteiger partial charge in [-0.15, -0.1) is 0 Å². The summed E-state index contributed by atoms with van der Waals surface area (Å²) in [5.41, 5.74) is 3.41. The quantitative estimate of drug-likeness (QED) is 0.715. The smallest absolute Gasteiger partial charge is 0.260 e. The highest BCUT2D eigenvalue weighted by Gasteiger charge is 2.17. The maximum atomic E-state index is 12.3. The van der Waals surface area contributed by atoms with Crippen molar-refractivity contribution in [3.8, 4) is 11.5 Å². The summed E-state index contributed by atoms with van der Waals surface area (Å²) in [5.74, 6) is 1.77. The fourth-order valence-corrected chi connectivity index (χ4v) is 2.59. The Bertz CT molecular complexity index is 723. The monoisotopic (exact) mass is 355 g/mol. The van der Waals surface area contributed by atoms with Crippen molar-refractivity contribution in [2.75, 3.05) is 13.2 Å². The zero-order valence-corrected chi connectivity index (χ0v) is 16.3. The molecule has 2 rings (SSSR count). The summed E-state index contributed by atoms with van der Waals surface area (Å²) >= 11 is 0. The van der Waals surface area contributed by atoms with Crippen LogP contribution in [0, 0.1) is 13.8 Å².